The van der Waals surface area contributed by atoms with Crippen molar-refractivity contribution < 1.29 is 4.42 Å². The van der Waals surface area contributed by atoms with Gasteiger partial charge in [-0.15, -0.1) is 0 Å². The third-order valence-electron chi connectivity index (χ3n) is 10.9. The average Bonchev–Trinajstić information content (AvgIpc) is 3.68. The predicted octanol–water partition coefficient (Wildman–Crippen LogP) is 13.8. The van der Waals surface area contributed by atoms with E-state index >= 15 is 0 Å². The lowest BCUT2D eigenvalue weighted by atomic mass is 9.81. The minimum absolute atomic E-state index is 0.182. The Kier molecular flexibility index (Phi) is 6.56. The Bertz CT molecular complexity index is 2760. The largest absolute Gasteiger partial charge is 0.454 e. The number of fused-ring (bicyclic) bond motifs is 8. The van der Waals surface area contributed by atoms with Gasteiger partial charge in [-0.05, 0) is 97.7 Å². The summed E-state index contributed by atoms with van der Waals surface area (Å²) in [5, 5.41) is 4.69. The zero-order valence-corrected chi connectivity index (χ0v) is 28.6. The second-order valence-electron chi connectivity index (χ2n) is 14.1. The molecule has 51 heavy (non-hydrogen) atoms. The van der Waals surface area contributed by atoms with Gasteiger partial charge < -0.3 is 9.32 Å². The molecule has 2 nitrogen and oxygen atoms in total. The second kappa shape index (κ2) is 11.3. The molecule has 1 aromatic heterocycles. The fourth-order valence-electron chi connectivity index (χ4n) is 8.26. The van der Waals surface area contributed by atoms with Gasteiger partial charge in [0.1, 0.15) is 5.58 Å². The Morgan fingerprint density at radius 1 is 0.451 bits per heavy atom. The summed E-state index contributed by atoms with van der Waals surface area (Å²) in [6.07, 6.45) is 0. The van der Waals surface area contributed by atoms with Crippen molar-refractivity contribution in [2.45, 2.75) is 19.3 Å². The van der Waals surface area contributed by atoms with Gasteiger partial charge in [-0.2, -0.15) is 0 Å². The zero-order valence-electron chi connectivity index (χ0n) is 28.6. The fourth-order valence-corrected chi connectivity index (χ4v) is 8.26. The Labute approximate surface area is 297 Å². The molecule has 2 heteroatoms. The van der Waals surface area contributed by atoms with Crippen LogP contribution < -0.4 is 4.90 Å². The van der Waals surface area contributed by atoms with Crippen LogP contribution in [0.3, 0.4) is 0 Å². The Balaban J connectivity index is 1.16. The van der Waals surface area contributed by atoms with Gasteiger partial charge in [0, 0.05) is 27.6 Å². The summed E-state index contributed by atoms with van der Waals surface area (Å²) in [6, 6.07) is 63.5. The van der Waals surface area contributed by atoms with Crippen LogP contribution in [0.4, 0.5) is 17.1 Å². The first kappa shape index (κ1) is 29.5. The zero-order chi connectivity index (χ0) is 34.1. The molecule has 0 saturated carbocycles. The molecule has 242 valence electrons. The van der Waals surface area contributed by atoms with Crippen LogP contribution >= 0.6 is 0 Å². The van der Waals surface area contributed by atoms with Crippen molar-refractivity contribution in [3.05, 3.63) is 187 Å². The number of hydrogen-bond donors (Lipinski definition) is 0. The number of furan rings is 1. The summed E-state index contributed by atoms with van der Waals surface area (Å²) < 4.78 is 6.81. The highest BCUT2D eigenvalue weighted by Gasteiger charge is 2.36. The molecule has 1 aliphatic carbocycles. The number of anilines is 3. The minimum atomic E-state index is -0.182. The lowest BCUT2D eigenvalue weighted by Crippen LogP contribution is -2.16. The molecule has 0 amide bonds. The molecule has 1 aliphatic rings. The summed E-state index contributed by atoms with van der Waals surface area (Å²) in [6.45, 7) is 4.72. The predicted molar refractivity (Wildman–Crippen MR) is 214 cm³/mol. The third kappa shape index (κ3) is 4.64. The van der Waals surface area contributed by atoms with E-state index in [2.05, 4.69) is 195 Å². The quantitative estimate of drug-likeness (QED) is 0.184. The van der Waals surface area contributed by atoms with Crippen molar-refractivity contribution in [2.75, 3.05) is 4.90 Å². The summed E-state index contributed by atoms with van der Waals surface area (Å²) in [7, 11) is 0. The maximum absolute atomic E-state index is 6.81. The van der Waals surface area contributed by atoms with Gasteiger partial charge in [0.2, 0.25) is 0 Å². The van der Waals surface area contributed by atoms with Crippen molar-refractivity contribution in [3.8, 4) is 33.4 Å². The Morgan fingerprint density at radius 3 is 1.80 bits per heavy atom. The van der Waals surface area contributed by atoms with Gasteiger partial charge >= 0.3 is 0 Å². The summed E-state index contributed by atoms with van der Waals surface area (Å²) in [5.74, 6) is 0. The van der Waals surface area contributed by atoms with Crippen LogP contribution in [0.2, 0.25) is 0 Å². The lowest BCUT2D eigenvalue weighted by Gasteiger charge is -2.28. The molecule has 0 saturated heterocycles. The SMILES string of the molecule is CC1(C)c2cc(-c3ccccc3)ccc2-c2ccc(N(c3ccc(-c4ccccc4)cc3)c3cccc4c3oc3ccc5ccccc5c34)cc21. The summed E-state index contributed by atoms with van der Waals surface area (Å²) in [4.78, 5) is 2.37. The monoisotopic (exact) mass is 653 g/mol. The highest BCUT2D eigenvalue weighted by atomic mass is 16.3. The van der Waals surface area contributed by atoms with Crippen LogP contribution in [0.1, 0.15) is 25.0 Å². The van der Waals surface area contributed by atoms with Crippen LogP contribution in [-0.4, -0.2) is 0 Å². The summed E-state index contributed by atoms with van der Waals surface area (Å²) in [5.41, 5.74) is 15.0. The molecule has 0 unspecified atom stereocenters. The van der Waals surface area contributed by atoms with Crippen LogP contribution in [0.15, 0.2) is 180 Å². The van der Waals surface area contributed by atoms with E-state index in [9.17, 15) is 0 Å². The molecule has 1 heterocycles. The van der Waals surface area contributed by atoms with E-state index in [1.807, 2.05) is 0 Å². The molecular formula is C49H35NO. The van der Waals surface area contributed by atoms with Crippen molar-refractivity contribution in [2.24, 2.45) is 0 Å². The fraction of sp³-hybridized carbons (Fsp3) is 0.0612. The van der Waals surface area contributed by atoms with Crippen LogP contribution in [-0.2, 0) is 5.41 Å². The summed E-state index contributed by atoms with van der Waals surface area (Å²) >= 11 is 0. The second-order valence-corrected chi connectivity index (χ2v) is 14.1. The van der Waals surface area contributed by atoms with Crippen molar-refractivity contribution >= 4 is 49.8 Å². The molecule has 8 aromatic carbocycles. The molecule has 0 aliphatic heterocycles. The minimum Gasteiger partial charge on any atom is -0.454 e. The van der Waals surface area contributed by atoms with Gasteiger partial charge in [0.05, 0.1) is 5.69 Å². The van der Waals surface area contributed by atoms with Crippen LogP contribution in [0.5, 0.6) is 0 Å². The molecule has 0 N–H and O–H groups in total. The maximum atomic E-state index is 6.81. The number of benzene rings is 8. The molecule has 0 radical (unpaired) electrons. The van der Waals surface area contributed by atoms with E-state index in [1.165, 1.54) is 55.3 Å². The van der Waals surface area contributed by atoms with E-state index in [1.54, 1.807) is 0 Å². The van der Waals surface area contributed by atoms with Crippen molar-refractivity contribution in [3.63, 3.8) is 0 Å². The molecule has 0 fully saturated rings. The topological polar surface area (TPSA) is 16.4 Å². The van der Waals surface area contributed by atoms with Gasteiger partial charge in [0.15, 0.2) is 5.58 Å². The smallest absolute Gasteiger partial charge is 0.159 e. The van der Waals surface area contributed by atoms with Crippen LogP contribution in [0.25, 0.3) is 66.1 Å². The Morgan fingerprint density at radius 2 is 1.04 bits per heavy atom. The number of nitrogens with zero attached hydrogens (tertiary/aromatic N) is 1. The standard InChI is InChI=1S/C49H35NO/c1-49(2)43-30-36(33-14-7-4-8-15-33)22-27-40(43)41-28-26-38(31-44(41)49)50(37-24-20-34(21-25-37)32-12-5-3-6-13-32)45-19-11-18-42-47-39-17-10-9-16-35(39)23-29-46(47)51-48(42)45/h3-31H,1-2H3. The average molecular weight is 654 g/mol. The molecule has 0 bridgehead atoms. The molecule has 9 aromatic rings. The third-order valence-corrected chi connectivity index (χ3v) is 10.9. The number of hydrogen-bond acceptors (Lipinski definition) is 2. The van der Waals surface area contributed by atoms with Gasteiger partial charge in [-0.25, -0.2) is 0 Å². The van der Waals surface area contributed by atoms with E-state index in [4.69, 9.17) is 4.42 Å². The van der Waals surface area contributed by atoms with E-state index in [-0.39, 0.29) is 5.41 Å². The number of para-hydroxylation sites is 1. The molecule has 0 atom stereocenters. The van der Waals surface area contributed by atoms with E-state index < -0.39 is 0 Å². The van der Waals surface area contributed by atoms with Gasteiger partial charge in [-0.1, -0.05) is 147 Å². The van der Waals surface area contributed by atoms with E-state index in [0.717, 1.165) is 39.0 Å². The molecule has 10 rings (SSSR count). The maximum Gasteiger partial charge on any atom is 0.159 e. The molecule has 0 spiro atoms. The first-order valence-electron chi connectivity index (χ1n) is 17.7. The lowest BCUT2D eigenvalue weighted by molar-refractivity contribution is 0.660. The van der Waals surface area contributed by atoms with Gasteiger partial charge in [-0.3, -0.25) is 0 Å². The number of rotatable bonds is 5. The van der Waals surface area contributed by atoms with Crippen molar-refractivity contribution in [1.82, 2.24) is 0 Å². The highest BCUT2D eigenvalue weighted by Crippen LogP contribution is 2.52. The molecular weight excluding hydrogens is 619 g/mol. The van der Waals surface area contributed by atoms with Crippen molar-refractivity contribution in [1.29, 1.82) is 0 Å². The van der Waals surface area contributed by atoms with E-state index in [0.29, 0.717) is 0 Å². The normalized spacial score (nSPS) is 13.1. The Hall–Kier alpha value is -6.38. The highest BCUT2D eigenvalue weighted by molar-refractivity contribution is 6.21. The van der Waals surface area contributed by atoms with Gasteiger partial charge in [0.25, 0.3) is 0 Å². The first-order chi connectivity index (χ1) is 25.0. The van der Waals surface area contributed by atoms with Crippen LogP contribution in [0, 0.1) is 0 Å². The first-order valence-corrected chi connectivity index (χ1v) is 17.7.